The summed E-state index contributed by atoms with van der Waals surface area (Å²) in [6, 6.07) is 8.12. The van der Waals surface area contributed by atoms with Gasteiger partial charge in [-0.05, 0) is 35.7 Å². The molecule has 0 fully saturated rings. The van der Waals surface area contributed by atoms with Gasteiger partial charge in [-0.1, -0.05) is 19.1 Å². The van der Waals surface area contributed by atoms with Gasteiger partial charge in [0.1, 0.15) is 0 Å². The van der Waals surface area contributed by atoms with Crippen LogP contribution in [0.3, 0.4) is 0 Å². The molecule has 17 heavy (non-hydrogen) atoms. The Morgan fingerprint density at radius 1 is 1.18 bits per heavy atom. The van der Waals surface area contributed by atoms with Gasteiger partial charge in [0, 0.05) is 9.75 Å². The van der Waals surface area contributed by atoms with E-state index in [1.165, 1.54) is 9.75 Å². The highest BCUT2D eigenvalue weighted by molar-refractivity contribution is 7.10. The molecule has 0 unspecified atom stereocenters. The maximum atomic E-state index is 11.7. The average Bonchev–Trinajstić information content (AvgIpc) is 2.90. The van der Waals surface area contributed by atoms with Crippen LogP contribution >= 0.6 is 22.7 Å². The van der Waals surface area contributed by atoms with Crippen LogP contribution in [0.4, 0.5) is 0 Å². The van der Waals surface area contributed by atoms with Crippen molar-refractivity contribution in [2.45, 2.75) is 19.8 Å². The third-order valence-electron chi connectivity index (χ3n) is 2.88. The zero-order valence-corrected chi connectivity index (χ0v) is 11.3. The Balaban J connectivity index is 2.17. The van der Waals surface area contributed by atoms with Crippen LogP contribution in [0, 0.1) is 5.41 Å². The van der Waals surface area contributed by atoms with Gasteiger partial charge in [-0.2, -0.15) is 0 Å². The van der Waals surface area contributed by atoms with Crippen LogP contribution in [-0.2, 0) is 17.6 Å². The number of primary amides is 1. The first-order valence-corrected chi connectivity index (χ1v) is 7.21. The van der Waals surface area contributed by atoms with Gasteiger partial charge in [0.25, 0.3) is 0 Å². The van der Waals surface area contributed by atoms with Crippen molar-refractivity contribution in [3.05, 3.63) is 44.8 Å². The fourth-order valence-corrected chi connectivity index (χ4v) is 3.61. The zero-order valence-electron chi connectivity index (χ0n) is 9.68. The summed E-state index contributed by atoms with van der Waals surface area (Å²) in [5, 5.41) is 4.06. The molecule has 0 radical (unpaired) electrons. The van der Waals surface area contributed by atoms with E-state index in [-0.39, 0.29) is 5.91 Å². The van der Waals surface area contributed by atoms with E-state index in [2.05, 4.69) is 12.1 Å². The Bertz CT molecular complexity index is 437. The molecule has 0 bridgehead atoms. The molecule has 2 aromatic heterocycles. The highest BCUT2D eigenvalue weighted by atomic mass is 32.1. The fraction of sp³-hybridized carbons (Fsp3) is 0.308. The topological polar surface area (TPSA) is 43.1 Å². The number of thiophene rings is 2. The highest BCUT2D eigenvalue weighted by Crippen LogP contribution is 2.30. The summed E-state index contributed by atoms with van der Waals surface area (Å²) in [4.78, 5) is 14.1. The summed E-state index contributed by atoms with van der Waals surface area (Å²) in [6.45, 7) is 1.95. The first-order valence-electron chi connectivity index (χ1n) is 5.45. The van der Waals surface area contributed by atoms with E-state index in [0.29, 0.717) is 0 Å². The molecule has 2 nitrogen and oxygen atoms in total. The molecule has 1 amide bonds. The SMILES string of the molecule is CC(Cc1cccs1)(Cc1cccs1)C(N)=O. The molecular weight excluding hydrogens is 250 g/mol. The molecule has 90 valence electrons. The molecule has 0 aliphatic carbocycles. The van der Waals surface area contributed by atoms with E-state index in [4.69, 9.17) is 5.73 Å². The van der Waals surface area contributed by atoms with Crippen molar-refractivity contribution in [2.75, 3.05) is 0 Å². The number of hydrogen-bond acceptors (Lipinski definition) is 3. The lowest BCUT2D eigenvalue weighted by Crippen LogP contribution is -2.37. The van der Waals surface area contributed by atoms with Gasteiger partial charge in [-0.25, -0.2) is 0 Å². The summed E-state index contributed by atoms with van der Waals surface area (Å²) < 4.78 is 0. The van der Waals surface area contributed by atoms with Crippen LogP contribution in [0.2, 0.25) is 0 Å². The van der Waals surface area contributed by atoms with Crippen LogP contribution in [0.15, 0.2) is 35.0 Å². The summed E-state index contributed by atoms with van der Waals surface area (Å²) >= 11 is 3.35. The average molecular weight is 265 g/mol. The minimum Gasteiger partial charge on any atom is -0.369 e. The van der Waals surface area contributed by atoms with Crippen molar-refractivity contribution < 1.29 is 4.79 Å². The summed E-state index contributed by atoms with van der Waals surface area (Å²) in [7, 11) is 0. The molecule has 0 aromatic carbocycles. The van der Waals surface area contributed by atoms with Gasteiger partial charge in [0.15, 0.2) is 0 Å². The molecule has 0 atom stereocenters. The van der Waals surface area contributed by atoms with E-state index < -0.39 is 5.41 Å². The minimum atomic E-state index is -0.490. The Hall–Kier alpha value is -1.13. The predicted octanol–water partition coefficient (Wildman–Crippen LogP) is 3.09. The Morgan fingerprint density at radius 2 is 1.65 bits per heavy atom. The van der Waals surface area contributed by atoms with Gasteiger partial charge >= 0.3 is 0 Å². The highest BCUT2D eigenvalue weighted by Gasteiger charge is 2.32. The van der Waals surface area contributed by atoms with Crippen LogP contribution in [0.25, 0.3) is 0 Å². The third kappa shape index (κ3) is 2.96. The lowest BCUT2D eigenvalue weighted by atomic mass is 9.81. The largest absolute Gasteiger partial charge is 0.369 e. The molecule has 2 aromatic rings. The van der Waals surface area contributed by atoms with Crippen molar-refractivity contribution in [3.8, 4) is 0 Å². The third-order valence-corrected chi connectivity index (χ3v) is 4.64. The van der Waals surface area contributed by atoms with Crippen molar-refractivity contribution in [2.24, 2.45) is 11.1 Å². The standard InChI is InChI=1S/C13H15NOS2/c1-13(12(14)15,8-10-4-2-6-16-10)9-11-5-3-7-17-11/h2-7H,8-9H2,1H3,(H2,14,15). The second-order valence-corrected chi connectivity index (χ2v) is 6.50. The molecule has 0 aliphatic heterocycles. The Kier molecular flexibility index (Phi) is 3.64. The van der Waals surface area contributed by atoms with E-state index in [0.717, 1.165) is 12.8 Å². The van der Waals surface area contributed by atoms with E-state index in [1.54, 1.807) is 22.7 Å². The van der Waals surface area contributed by atoms with Crippen LogP contribution in [0.1, 0.15) is 16.7 Å². The molecule has 2 heterocycles. The predicted molar refractivity (Wildman–Crippen MR) is 73.3 cm³/mol. The number of carbonyl (C=O) groups is 1. The molecule has 2 N–H and O–H groups in total. The first-order chi connectivity index (χ1) is 8.10. The van der Waals surface area contributed by atoms with Crippen molar-refractivity contribution >= 4 is 28.6 Å². The molecule has 0 saturated heterocycles. The quantitative estimate of drug-likeness (QED) is 0.887. The van der Waals surface area contributed by atoms with Crippen LogP contribution in [0.5, 0.6) is 0 Å². The lowest BCUT2D eigenvalue weighted by molar-refractivity contribution is -0.126. The van der Waals surface area contributed by atoms with Crippen LogP contribution in [-0.4, -0.2) is 5.91 Å². The fourth-order valence-electron chi connectivity index (χ4n) is 1.83. The van der Waals surface area contributed by atoms with E-state index >= 15 is 0 Å². The zero-order chi connectivity index (χ0) is 12.3. The van der Waals surface area contributed by atoms with Crippen molar-refractivity contribution in [1.82, 2.24) is 0 Å². The first kappa shape index (κ1) is 12.3. The second-order valence-electron chi connectivity index (χ2n) is 4.44. The Morgan fingerprint density at radius 3 is 1.94 bits per heavy atom. The molecule has 0 spiro atoms. The van der Waals surface area contributed by atoms with Gasteiger partial charge in [-0.15, -0.1) is 22.7 Å². The lowest BCUT2D eigenvalue weighted by Gasteiger charge is -2.24. The monoisotopic (exact) mass is 265 g/mol. The maximum absolute atomic E-state index is 11.7. The molecule has 4 heteroatoms. The normalized spacial score (nSPS) is 11.6. The van der Waals surface area contributed by atoms with E-state index in [9.17, 15) is 4.79 Å². The molecular formula is C13H15NOS2. The van der Waals surface area contributed by atoms with E-state index in [1.807, 2.05) is 29.8 Å². The minimum absolute atomic E-state index is 0.223. The van der Waals surface area contributed by atoms with Crippen molar-refractivity contribution in [1.29, 1.82) is 0 Å². The maximum Gasteiger partial charge on any atom is 0.224 e. The number of carbonyl (C=O) groups excluding carboxylic acids is 1. The Labute approximate surface area is 109 Å². The smallest absolute Gasteiger partial charge is 0.224 e. The molecule has 2 rings (SSSR count). The van der Waals surface area contributed by atoms with Crippen molar-refractivity contribution in [3.63, 3.8) is 0 Å². The molecule has 0 aliphatic rings. The molecule has 0 saturated carbocycles. The number of hydrogen-bond donors (Lipinski definition) is 1. The number of nitrogens with two attached hydrogens (primary N) is 1. The van der Waals surface area contributed by atoms with Gasteiger partial charge in [-0.3, -0.25) is 4.79 Å². The number of amides is 1. The summed E-state index contributed by atoms with van der Waals surface area (Å²) in [5.41, 5.74) is 5.08. The van der Waals surface area contributed by atoms with Gasteiger partial charge < -0.3 is 5.73 Å². The summed E-state index contributed by atoms with van der Waals surface area (Å²) in [5.74, 6) is -0.223. The summed E-state index contributed by atoms with van der Waals surface area (Å²) in [6.07, 6.45) is 1.44. The second kappa shape index (κ2) is 5.02. The van der Waals surface area contributed by atoms with Crippen LogP contribution < -0.4 is 5.73 Å². The van der Waals surface area contributed by atoms with Gasteiger partial charge in [0.2, 0.25) is 5.91 Å². The van der Waals surface area contributed by atoms with Gasteiger partial charge in [0.05, 0.1) is 5.41 Å². The number of rotatable bonds is 5.